The molecule has 0 aromatic heterocycles. The van der Waals surface area contributed by atoms with Crippen LogP contribution in [0.5, 0.6) is 0 Å². The van der Waals surface area contributed by atoms with Crippen LogP contribution >= 0.6 is 0 Å². The minimum atomic E-state index is -0.902. The molecule has 25 heavy (non-hydrogen) atoms. The van der Waals surface area contributed by atoms with Crippen LogP contribution in [0.2, 0.25) is 0 Å². The van der Waals surface area contributed by atoms with E-state index in [2.05, 4.69) is 37.8 Å². The van der Waals surface area contributed by atoms with Gasteiger partial charge in [-0.15, -0.1) is 0 Å². The number of fused-ring (bicyclic) bond motifs is 6. The molecule has 1 N–H and O–H groups in total. The standard InChI is InChI=1S/C15H20.C7H10O3/c1-10-4-6-15(9-10)7-5-13-11-2-3-12(8-11)14(13)15;1-5(7(8)9)2-3-6-4-10-6/h2-3,5,7,10-14H,4,6,8-9H2,1H3;6H,1-4H2,(H,8,9). The molecule has 3 heteroatoms. The number of aliphatic carboxylic acids is 1. The van der Waals surface area contributed by atoms with Gasteiger partial charge in [0.2, 0.25) is 0 Å². The number of carbonyl (C=O) groups is 1. The number of carboxylic acids is 1. The van der Waals surface area contributed by atoms with Crippen LogP contribution in [0.25, 0.3) is 0 Å². The molecule has 1 saturated heterocycles. The van der Waals surface area contributed by atoms with Crippen LogP contribution in [0.15, 0.2) is 36.5 Å². The molecule has 0 radical (unpaired) electrons. The largest absolute Gasteiger partial charge is 0.478 e. The van der Waals surface area contributed by atoms with Crippen molar-refractivity contribution >= 4 is 5.97 Å². The number of carboxylic acid groups (broad SMARTS) is 1. The Hall–Kier alpha value is -1.35. The van der Waals surface area contributed by atoms with Crippen LogP contribution in [0.3, 0.4) is 0 Å². The number of rotatable bonds is 4. The quantitative estimate of drug-likeness (QED) is 0.461. The Morgan fingerprint density at radius 3 is 2.72 bits per heavy atom. The summed E-state index contributed by atoms with van der Waals surface area (Å²) in [6.45, 7) is 6.63. The summed E-state index contributed by atoms with van der Waals surface area (Å²) in [7, 11) is 0. The van der Waals surface area contributed by atoms with Gasteiger partial charge in [-0.3, -0.25) is 0 Å². The van der Waals surface area contributed by atoms with Crippen molar-refractivity contribution in [2.45, 2.75) is 51.6 Å². The summed E-state index contributed by atoms with van der Waals surface area (Å²) < 4.78 is 4.90. The fourth-order valence-electron chi connectivity index (χ4n) is 5.85. The minimum absolute atomic E-state index is 0.274. The SMILES string of the molecule is C=C(CCC1CO1)C(=O)O.CC1CCC2(C=CC3C4C=CC(C4)C32)C1. The number of epoxide rings is 1. The van der Waals surface area contributed by atoms with Crippen molar-refractivity contribution in [3.05, 3.63) is 36.5 Å². The van der Waals surface area contributed by atoms with Crippen molar-refractivity contribution in [1.29, 1.82) is 0 Å². The summed E-state index contributed by atoms with van der Waals surface area (Å²) in [5.74, 6) is 3.83. The normalized spacial score (nSPS) is 44.7. The molecule has 3 fully saturated rings. The third-order valence-electron chi connectivity index (χ3n) is 7.14. The Labute approximate surface area is 150 Å². The van der Waals surface area contributed by atoms with E-state index in [1.807, 2.05) is 0 Å². The van der Waals surface area contributed by atoms with E-state index in [1.165, 1.54) is 25.7 Å². The Kier molecular flexibility index (Phi) is 4.39. The summed E-state index contributed by atoms with van der Waals surface area (Å²) in [4.78, 5) is 10.2. The lowest BCUT2D eigenvalue weighted by molar-refractivity contribution is -0.132. The Bertz CT molecular complexity index is 615. The van der Waals surface area contributed by atoms with Crippen molar-refractivity contribution in [1.82, 2.24) is 0 Å². The summed E-state index contributed by atoms with van der Waals surface area (Å²) in [5, 5.41) is 8.37. The molecule has 1 spiro atoms. The van der Waals surface area contributed by atoms with Gasteiger partial charge in [-0.05, 0) is 73.5 Å². The fourth-order valence-corrected chi connectivity index (χ4v) is 5.85. The van der Waals surface area contributed by atoms with Crippen molar-refractivity contribution < 1.29 is 14.6 Å². The second-order valence-electron chi connectivity index (χ2n) is 8.89. The molecule has 0 aromatic carbocycles. The third kappa shape index (κ3) is 3.23. The molecular formula is C22H30O3. The van der Waals surface area contributed by atoms with E-state index in [0.29, 0.717) is 17.9 Å². The summed E-state index contributed by atoms with van der Waals surface area (Å²) in [5.41, 5.74) is 0.907. The molecule has 2 saturated carbocycles. The van der Waals surface area contributed by atoms with Gasteiger partial charge in [0.25, 0.3) is 0 Å². The van der Waals surface area contributed by atoms with Crippen molar-refractivity contribution in [2.75, 3.05) is 6.61 Å². The average molecular weight is 342 g/mol. The van der Waals surface area contributed by atoms with Gasteiger partial charge in [0, 0.05) is 5.57 Å². The van der Waals surface area contributed by atoms with Crippen LogP contribution < -0.4 is 0 Å². The van der Waals surface area contributed by atoms with E-state index in [1.54, 1.807) is 0 Å². The zero-order valence-corrected chi connectivity index (χ0v) is 15.2. The van der Waals surface area contributed by atoms with Crippen LogP contribution in [0, 0.1) is 35.0 Å². The predicted octanol–water partition coefficient (Wildman–Crippen LogP) is 4.61. The smallest absolute Gasteiger partial charge is 0.330 e. The van der Waals surface area contributed by atoms with Crippen LogP contribution in [-0.2, 0) is 9.53 Å². The zero-order valence-electron chi connectivity index (χ0n) is 15.2. The molecule has 4 aliphatic carbocycles. The van der Waals surface area contributed by atoms with Crippen molar-refractivity contribution in [2.24, 2.45) is 35.0 Å². The molecule has 0 aromatic rings. The van der Waals surface area contributed by atoms with Gasteiger partial charge in [0.1, 0.15) is 0 Å². The number of allylic oxidation sites excluding steroid dienone is 4. The zero-order chi connectivity index (χ0) is 17.6. The van der Waals surface area contributed by atoms with E-state index < -0.39 is 5.97 Å². The monoisotopic (exact) mass is 342 g/mol. The first-order chi connectivity index (χ1) is 12.0. The van der Waals surface area contributed by atoms with Gasteiger partial charge >= 0.3 is 5.97 Å². The predicted molar refractivity (Wildman–Crippen MR) is 98.1 cm³/mol. The average Bonchev–Trinajstić information content (AvgIpc) is 2.94. The Morgan fingerprint density at radius 1 is 1.32 bits per heavy atom. The number of hydrogen-bond acceptors (Lipinski definition) is 2. The number of ether oxygens (including phenoxy) is 1. The first-order valence-corrected chi connectivity index (χ1v) is 9.89. The highest BCUT2D eigenvalue weighted by molar-refractivity contribution is 5.85. The maximum Gasteiger partial charge on any atom is 0.330 e. The molecule has 7 atom stereocenters. The lowest BCUT2D eigenvalue weighted by Crippen LogP contribution is -2.29. The van der Waals surface area contributed by atoms with Crippen LogP contribution in [-0.4, -0.2) is 23.8 Å². The van der Waals surface area contributed by atoms with Crippen molar-refractivity contribution in [3.8, 4) is 0 Å². The van der Waals surface area contributed by atoms with Gasteiger partial charge in [0.05, 0.1) is 12.7 Å². The van der Waals surface area contributed by atoms with Crippen molar-refractivity contribution in [3.63, 3.8) is 0 Å². The van der Waals surface area contributed by atoms with Gasteiger partial charge in [-0.2, -0.15) is 0 Å². The summed E-state index contributed by atoms with van der Waals surface area (Å²) in [6, 6.07) is 0. The van der Waals surface area contributed by atoms with E-state index in [4.69, 9.17) is 9.84 Å². The first kappa shape index (κ1) is 17.1. The van der Waals surface area contributed by atoms with E-state index >= 15 is 0 Å². The molecule has 1 heterocycles. The molecule has 1 aliphatic heterocycles. The minimum Gasteiger partial charge on any atom is -0.478 e. The molecule has 2 bridgehead atoms. The van der Waals surface area contributed by atoms with Crippen LogP contribution in [0.1, 0.15) is 45.4 Å². The molecule has 136 valence electrons. The lowest BCUT2D eigenvalue weighted by atomic mass is 9.68. The molecule has 5 rings (SSSR count). The molecule has 5 aliphatic rings. The summed E-state index contributed by atoms with van der Waals surface area (Å²) >= 11 is 0. The fraction of sp³-hybridized carbons (Fsp3) is 0.682. The highest BCUT2D eigenvalue weighted by Crippen LogP contribution is 2.64. The van der Waals surface area contributed by atoms with E-state index in [0.717, 1.165) is 42.6 Å². The summed E-state index contributed by atoms with van der Waals surface area (Å²) in [6.07, 6.45) is 17.8. The van der Waals surface area contributed by atoms with Gasteiger partial charge in [0.15, 0.2) is 0 Å². The molecule has 3 nitrogen and oxygen atoms in total. The highest BCUT2D eigenvalue weighted by atomic mass is 16.6. The topological polar surface area (TPSA) is 49.8 Å². The number of hydrogen-bond donors (Lipinski definition) is 1. The molecular weight excluding hydrogens is 312 g/mol. The van der Waals surface area contributed by atoms with Crippen LogP contribution in [0.4, 0.5) is 0 Å². The maximum absolute atomic E-state index is 10.2. The van der Waals surface area contributed by atoms with Gasteiger partial charge in [-0.25, -0.2) is 4.79 Å². The highest BCUT2D eigenvalue weighted by Gasteiger charge is 2.56. The second-order valence-corrected chi connectivity index (χ2v) is 8.89. The Morgan fingerprint density at radius 2 is 2.08 bits per heavy atom. The molecule has 0 amide bonds. The second kappa shape index (κ2) is 6.42. The molecule has 7 unspecified atom stereocenters. The first-order valence-electron chi connectivity index (χ1n) is 9.89. The van der Waals surface area contributed by atoms with E-state index in [9.17, 15) is 4.79 Å². The lowest BCUT2D eigenvalue weighted by Gasteiger charge is -2.35. The van der Waals surface area contributed by atoms with Gasteiger partial charge < -0.3 is 9.84 Å². The van der Waals surface area contributed by atoms with E-state index in [-0.39, 0.29) is 5.57 Å². The Balaban J connectivity index is 0.000000138. The third-order valence-corrected chi connectivity index (χ3v) is 7.14. The van der Waals surface area contributed by atoms with Gasteiger partial charge in [-0.1, -0.05) is 37.8 Å². The maximum atomic E-state index is 10.2.